The Morgan fingerprint density at radius 1 is 1.38 bits per heavy atom. The number of carbonyl (C=O) groups is 1. The third-order valence-corrected chi connectivity index (χ3v) is 4.34. The summed E-state index contributed by atoms with van der Waals surface area (Å²) in [5.74, 6) is -1.23. The van der Waals surface area contributed by atoms with Crippen LogP contribution in [0.5, 0.6) is 0 Å². The SMILES string of the molecule is O=C(Nc1ccccc1SCC(F)(F)F)[C@@H]1CCCNC1. The molecule has 0 bridgehead atoms. The molecule has 0 aliphatic carbocycles. The molecule has 0 aromatic heterocycles. The van der Waals surface area contributed by atoms with Crippen LogP contribution in [0.4, 0.5) is 18.9 Å². The van der Waals surface area contributed by atoms with Crippen LogP contribution < -0.4 is 10.6 Å². The van der Waals surface area contributed by atoms with Gasteiger partial charge in [0.2, 0.25) is 5.91 Å². The first kappa shape index (κ1) is 16.2. The molecule has 2 N–H and O–H groups in total. The molecule has 0 spiro atoms. The van der Waals surface area contributed by atoms with Gasteiger partial charge in [-0.15, -0.1) is 11.8 Å². The minimum absolute atomic E-state index is 0.126. The number of rotatable bonds is 4. The first-order valence-electron chi connectivity index (χ1n) is 6.76. The first-order chi connectivity index (χ1) is 9.96. The molecular formula is C14H17F3N2OS. The van der Waals surface area contributed by atoms with E-state index >= 15 is 0 Å². The number of halogens is 3. The first-order valence-corrected chi connectivity index (χ1v) is 7.74. The number of amides is 1. The Hall–Kier alpha value is -1.21. The van der Waals surface area contributed by atoms with Crippen LogP contribution in [0, 0.1) is 5.92 Å². The van der Waals surface area contributed by atoms with Gasteiger partial charge < -0.3 is 10.6 Å². The Morgan fingerprint density at radius 3 is 2.81 bits per heavy atom. The molecule has 1 aromatic rings. The average molecular weight is 318 g/mol. The lowest BCUT2D eigenvalue weighted by Gasteiger charge is -2.22. The highest BCUT2D eigenvalue weighted by molar-refractivity contribution is 7.99. The molecule has 2 rings (SSSR count). The van der Waals surface area contributed by atoms with Crippen LogP contribution in [0.1, 0.15) is 12.8 Å². The number of carbonyl (C=O) groups excluding carboxylic acids is 1. The molecule has 1 amide bonds. The quantitative estimate of drug-likeness (QED) is 0.837. The second-order valence-corrected chi connectivity index (χ2v) is 5.95. The predicted octanol–water partition coefficient (Wildman–Crippen LogP) is 3.28. The molecule has 3 nitrogen and oxygen atoms in total. The topological polar surface area (TPSA) is 41.1 Å². The smallest absolute Gasteiger partial charge is 0.325 e. The van der Waals surface area contributed by atoms with Crippen LogP contribution in [0.3, 0.4) is 0 Å². The van der Waals surface area contributed by atoms with Crippen molar-refractivity contribution in [3.63, 3.8) is 0 Å². The molecule has 1 fully saturated rings. The zero-order valence-electron chi connectivity index (χ0n) is 11.4. The highest BCUT2D eigenvalue weighted by Crippen LogP contribution is 2.32. The standard InChI is InChI=1S/C14H17F3N2OS/c15-14(16,17)9-21-12-6-2-1-5-11(12)19-13(20)10-4-3-7-18-8-10/h1-2,5-6,10,18H,3-4,7-9H2,(H,19,20)/t10-/m1/s1. The highest BCUT2D eigenvalue weighted by Gasteiger charge is 2.28. The number of para-hydroxylation sites is 1. The molecule has 21 heavy (non-hydrogen) atoms. The number of nitrogens with one attached hydrogen (secondary N) is 2. The van der Waals surface area contributed by atoms with Crippen LogP contribution in [0.25, 0.3) is 0 Å². The van der Waals surface area contributed by atoms with Crippen LogP contribution in [0.2, 0.25) is 0 Å². The minimum atomic E-state index is -4.23. The largest absolute Gasteiger partial charge is 0.398 e. The second kappa shape index (κ2) is 7.17. The van der Waals surface area contributed by atoms with E-state index < -0.39 is 11.9 Å². The summed E-state index contributed by atoms with van der Waals surface area (Å²) in [6, 6.07) is 6.58. The summed E-state index contributed by atoms with van der Waals surface area (Å²) in [6.45, 7) is 1.52. The predicted molar refractivity (Wildman–Crippen MR) is 77.4 cm³/mol. The molecule has 7 heteroatoms. The number of benzene rings is 1. The summed E-state index contributed by atoms with van der Waals surface area (Å²) in [7, 11) is 0. The summed E-state index contributed by atoms with van der Waals surface area (Å²) < 4.78 is 36.9. The van der Waals surface area contributed by atoms with Crippen molar-refractivity contribution in [3.05, 3.63) is 24.3 Å². The van der Waals surface area contributed by atoms with Crippen LogP contribution >= 0.6 is 11.8 Å². The van der Waals surface area contributed by atoms with Gasteiger partial charge in [0.25, 0.3) is 0 Å². The van der Waals surface area contributed by atoms with Crippen molar-refractivity contribution in [1.29, 1.82) is 0 Å². The van der Waals surface area contributed by atoms with Gasteiger partial charge in [0.1, 0.15) is 0 Å². The summed E-state index contributed by atoms with van der Waals surface area (Å²) >= 11 is 0.687. The van der Waals surface area contributed by atoms with Crippen molar-refractivity contribution in [2.45, 2.75) is 23.9 Å². The average Bonchev–Trinajstić information content (AvgIpc) is 2.46. The summed E-state index contributed by atoms with van der Waals surface area (Å²) in [4.78, 5) is 12.6. The van der Waals surface area contributed by atoms with Crippen LogP contribution in [-0.4, -0.2) is 30.9 Å². The molecule has 0 radical (unpaired) electrons. The van der Waals surface area contributed by atoms with Gasteiger partial charge in [0.15, 0.2) is 0 Å². The van der Waals surface area contributed by atoms with Crippen LogP contribution in [0.15, 0.2) is 29.2 Å². The molecule has 0 saturated carbocycles. The normalized spacial score (nSPS) is 19.3. The van der Waals surface area contributed by atoms with E-state index in [0.29, 0.717) is 28.9 Å². The number of piperidine rings is 1. The van der Waals surface area contributed by atoms with E-state index in [9.17, 15) is 18.0 Å². The van der Waals surface area contributed by atoms with E-state index in [1.165, 1.54) is 0 Å². The maximum Gasteiger partial charge on any atom is 0.398 e. The van der Waals surface area contributed by atoms with E-state index in [4.69, 9.17) is 0 Å². The fourth-order valence-electron chi connectivity index (χ4n) is 2.17. The van der Waals surface area contributed by atoms with Gasteiger partial charge in [-0.05, 0) is 31.5 Å². The number of anilines is 1. The van der Waals surface area contributed by atoms with Crippen molar-refractivity contribution in [2.75, 3.05) is 24.2 Å². The summed E-state index contributed by atoms with van der Waals surface area (Å²) in [6.07, 6.45) is -2.49. The summed E-state index contributed by atoms with van der Waals surface area (Å²) in [5, 5.41) is 5.90. The minimum Gasteiger partial charge on any atom is -0.325 e. The molecule has 1 atom stereocenters. The molecule has 1 aliphatic rings. The van der Waals surface area contributed by atoms with Gasteiger partial charge in [-0.25, -0.2) is 0 Å². The zero-order valence-corrected chi connectivity index (χ0v) is 12.2. The third-order valence-electron chi connectivity index (χ3n) is 3.20. The van der Waals surface area contributed by atoms with Crippen molar-refractivity contribution in [1.82, 2.24) is 5.32 Å². The van der Waals surface area contributed by atoms with Gasteiger partial charge in [-0.1, -0.05) is 12.1 Å². The van der Waals surface area contributed by atoms with Crippen LogP contribution in [-0.2, 0) is 4.79 Å². The number of thioether (sulfide) groups is 1. The van der Waals surface area contributed by atoms with Crippen molar-refractivity contribution < 1.29 is 18.0 Å². The highest BCUT2D eigenvalue weighted by atomic mass is 32.2. The van der Waals surface area contributed by atoms with Crippen molar-refractivity contribution >= 4 is 23.4 Å². The number of alkyl halides is 3. The zero-order chi connectivity index (χ0) is 15.3. The number of hydrogen-bond donors (Lipinski definition) is 2. The molecule has 1 aromatic carbocycles. The Bertz CT molecular complexity index is 487. The molecule has 1 saturated heterocycles. The second-order valence-electron chi connectivity index (χ2n) is 4.93. The van der Waals surface area contributed by atoms with Crippen molar-refractivity contribution in [3.8, 4) is 0 Å². The number of hydrogen-bond acceptors (Lipinski definition) is 3. The van der Waals surface area contributed by atoms with Crippen molar-refractivity contribution in [2.24, 2.45) is 5.92 Å². The van der Waals surface area contributed by atoms with Gasteiger partial charge in [0, 0.05) is 11.4 Å². The maximum atomic E-state index is 12.3. The lowest BCUT2D eigenvalue weighted by molar-refractivity contribution is -0.120. The molecular weight excluding hydrogens is 301 g/mol. The monoisotopic (exact) mass is 318 g/mol. The molecule has 1 heterocycles. The Balaban J connectivity index is 2.00. The lowest BCUT2D eigenvalue weighted by atomic mass is 9.99. The van der Waals surface area contributed by atoms with E-state index in [2.05, 4.69) is 10.6 Å². The Labute approximate surface area is 125 Å². The van der Waals surface area contributed by atoms with E-state index in [1.54, 1.807) is 24.3 Å². The lowest BCUT2D eigenvalue weighted by Crippen LogP contribution is -2.37. The Morgan fingerprint density at radius 2 is 2.14 bits per heavy atom. The summed E-state index contributed by atoms with van der Waals surface area (Å²) in [5.41, 5.74) is 0.447. The third kappa shape index (κ3) is 5.24. The molecule has 1 aliphatic heterocycles. The Kier molecular flexibility index (Phi) is 5.52. The molecule has 0 unspecified atom stereocenters. The van der Waals surface area contributed by atoms with Gasteiger partial charge in [-0.2, -0.15) is 13.2 Å². The van der Waals surface area contributed by atoms with E-state index in [1.807, 2.05) is 0 Å². The van der Waals surface area contributed by atoms with E-state index in [0.717, 1.165) is 19.4 Å². The fourth-order valence-corrected chi connectivity index (χ4v) is 2.93. The fraction of sp³-hybridized carbons (Fsp3) is 0.500. The van der Waals surface area contributed by atoms with Gasteiger partial charge in [-0.3, -0.25) is 4.79 Å². The maximum absolute atomic E-state index is 12.3. The van der Waals surface area contributed by atoms with E-state index in [-0.39, 0.29) is 11.8 Å². The van der Waals surface area contributed by atoms with Gasteiger partial charge >= 0.3 is 6.18 Å². The van der Waals surface area contributed by atoms with Gasteiger partial charge in [0.05, 0.1) is 17.4 Å². The molecule has 116 valence electrons.